The van der Waals surface area contributed by atoms with Crippen molar-refractivity contribution in [3.8, 4) is 0 Å². The first-order valence-corrected chi connectivity index (χ1v) is 7.62. The predicted molar refractivity (Wildman–Crippen MR) is 74.2 cm³/mol. The van der Waals surface area contributed by atoms with Crippen molar-refractivity contribution in [2.45, 2.75) is 55.6 Å². The molecule has 2 nitrogen and oxygen atoms in total. The molecule has 0 radical (unpaired) electrons. The fraction of sp³-hybridized carbons (Fsp3) is 0.533. The smallest absolute Gasteiger partial charge is 0.134 e. The number of hydrogen-bond donors (Lipinski definition) is 0. The van der Waals surface area contributed by atoms with Crippen LogP contribution < -0.4 is 0 Å². The number of ketones is 1. The minimum absolute atomic E-state index is 0.0259. The maximum Gasteiger partial charge on any atom is 0.134 e. The highest BCUT2D eigenvalue weighted by Crippen LogP contribution is 2.27. The summed E-state index contributed by atoms with van der Waals surface area (Å²) in [5.41, 5.74) is 1.36. The Labute approximate surface area is 111 Å². The second-order valence-corrected chi connectivity index (χ2v) is 7.71. The first-order chi connectivity index (χ1) is 8.38. The van der Waals surface area contributed by atoms with Gasteiger partial charge < -0.3 is 0 Å². The van der Waals surface area contributed by atoms with Gasteiger partial charge in [-0.3, -0.25) is 9.00 Å². The molecule has 0 spiro atoms. The van der Waals surface area contributed by atoms with Gasteiger partial charge in [0.15, 0.2) is 0 Å². The summed E-state index contributed by atoms with van der Waals surface area (Å²) >= 11 is 0. The van der Waals surface area contributed by atoms with Gasteiger partial charge >= 0.3 is 0 Å². The summed E-state index contributed by atoms with van der Waals surface area (Å²) in [4.78, 5) is 12.1. The largest absolute Gasteiger partial charge is 0.300 e. The Bertz CT molecular complexity index is 468. The van der Waals surface area contributed by atoms with Gasteiger partial charge in [-0.05, 0) is 29.5 Å². The molecule has 1 aromatic rings. The van der Waals surface area contributed by atoms with Crippen LogP contribution in [0.5, 0.6) is 0 Å². The Hall–Kier alpha value is -0.960. The minimum Gasteiger partial charge on any atom is -0.300 e. The molecule has 2 atom stereocenters. The summed E-state index contributed by atoms with van der Waals surface area (Å²) in [5, 5.41) is 0.0259. The second kappa shape index (κ2) is 4.96. The Kier molecular flexibility index (Phi) is 3.71. The van der Waals surface area contributed by atoms with Crippen molar-refractivity contribution in [2.24, 2.45) is 0 Å². The van der Waals surface area contributed by atoms with E-state index < -0.39 is 10.8 Å². The molecule has 1 fully saturated rings. The quantitative estimate of drug-likeness (QED) is 0.822. The van der Waals surface area contributed by atoms with Gasteiger partial charge in [-0.15, -0.1) is 0 Å². The van der Waals surface area contributed by atoms with Crippen LogP contribution in [0.3, 0.4) is 0 Å². The van der Waals surface area contributed by atoms with Crippen molar-refractivity contribution in [1.29, 1.82) is 0 Å². The van der Waals surface area contributed by atoms with E-state index in [1.807, 2.05) is 24.3 Å². The Balaban J connectivity index is 2.15. The number of benzene rings is 1. The number of Topliss-reactive ketones (excluding diaryl/α,β-unsaturated/α-hetero) is 1. The van der Waals surface area contributed by atoms with E-state index in [0.717, 1.165) is 11.3 Å². The molecule has 2 rings (SSSR count). The second-order valence-electron chi connectivity index (χ2n) is 5.98. The van der Waals surface area contributed by atoms with E-state index in [1.54, 1.807) is 0 Å². The number of hydrogen-bond acceptors (Lipinski definition) is 2. The SMILES string of the molecule is CC(C)(C)c1ccc(S(=O)C2CCC(=O)C2)cc1. The molecule has 1 aliphatic rings. The molecule has 1 aromatic carbocycles. The maximum atomic E-state index is 12.3. The van der Waals surface area contributed by atoms with E-state index in [0.29, 0.717) is 12.8 Å². The van der Waals surface area contributed by atoms with Gasteiger partial charge in [0.05, 0.1) is 10.8 Å². The molecule has 0 aliphatic heterocycles. The Morgan fingerprint density at radius 3 is 2.22 bits per heavy atom. The minimum atomic E-state index is -1.04. The summed E-state index contributed by atoms with van der Waals surface area (Å²) < 4.78 is 12.3. The van der Waals surface area contributed by atoms with Gasteiger partial charge in [-0.25, -0.2) is 0 Å². The van der Waals surface area contributed by atoms with Crippen LogP contribution in [0, 0.1) is 0 Å². The molecule has 1 aliphatic carbocycles. The highest BCUT2D eigenvalue weighted by Gasteiger charge is 2.28. The lowest BCUT2D eigenvalue weighted by Gasteiger charge is -2.19. The van der Waals surface area contributed by atoms with Crippen LogP contribution in [-0.2, 0) is 21.0 Å². The van der Waals surface area contributed by atoms with E-state index >= 15 is 0 Å². The Morgan fingerprint density at radius 1 is 1.17 bits per heavy atom. The average Bonchev–Trinajstić information content (AvgIpc) is 2.74. The maximum absolute atomic E-state index is 12.3. The van der Waals surface area contributed by atoms with Crippen LogP contribution in [-0.4, -0.2) is 15.2 Å². The molecule has 0 bridgehead atoms. The van der Waals surface area contributed by atoms with Crippen LogP contribution in [0.2, 0.25) is 0 Å². The van der Waals surface area contributed by atoms with Crippen molar-refractivity contribution in [2.75, 3.05) is 0 Å². The van der Waals surface area contributed by atoms with Gasteiger partial charge in [0, 0.05) is 23.0 Å². The lowest BCUT2D eigenvalue weighted by Crippen LogP contribution is -2.13. The van der Waals surface area contributed by atoms with Crippen LogP contribution in [0.15, 0.2) is 29.2 Å². The van der Waals surface area contributed by atoms with Gasteiger partial charge in [0.1, 0.15) is 5.78 Å². The standard InChI is InChI=1S/C15H20O2S/c1-15(2,3)11-4-7-13(8-5-11)18(17)14-9-6-12(16)10-14/h4-5,7-8,14H,6,9-10H2,1-3H3. The molecule has 0 amide bonds. The third-order valence-corrected chi connectivity index (χ3v) is 5.20. The van der Waals surface area contributed by atoms with E-state index in [-0.39, 0.29) is 16.4 Å². The highest BCUT2D eigenvalue weighted by atomic mass is 32.2. The molecule has 0 saturated heterocycles. The lowest BCUT2D eigenvalue weighted by molar-refractivity contribution is -0.117. The fourth-order valence-corrected chi connectivity index (χ4v) is 3.70. The van der Waals surface area contributed by atoms with Gasteiger partial charge in [-0.2, -0.15) is 0 Å². The van der Waals surface area contributed by atoms with Crippen molar-refractivity contribution >= 4 is 16.6 Å². The average molecular weight is 264 g/mol. The van der Waals surface area contributed by atoms with Gasteiger partial charge in [0.2, 0.25) is 0 Å². The summed E-state index contributed by atoms with van der Waals surface area (Å²) in [7, 11) is -1.04. The zero-order valence-electron chi connectivity index (χ0n) is 11.2. The third-order valence-electron chi connectivity index (χ3n) is 3.46. The molecule has 0 heterocycles. The number of carbonyl (C=O) groups excluding carboxylic acids is 1. The monoisotopic (exact) mass is 264 g/mol. The molecule has 18 heavy (non-hydrogen) atoms. The van der Waals surface area contributed by atoms with Crippen LogP contribution in [0.25, 0.3) is 0 Å². The van der Waals surface area contributed by atoms with Gasteiger partial charge in [-0.1, -0.05) is 32.9 Å². The summed E-state index contributed by atoms with van der Waals surface area (Å²) in [6.07, 6.45) is 1.84. The van der Waals surface area contributed by atoms with E-state index in [9.17, 15) is 9.00 Å². The van der Waals surface area contributed by atoms with Crippen LogP contribution in [0.4, 0.5) is 0 Å². The topological polar surface area (TPSA) is 34.1 Å². The number of carbonyl (C=O) groups is 1. The lowest BCUT2D eigenvalue weighted by atomic mass is 9.87. The zero-order valence-corrected chi connectivity index (χ0v) is 12.0. The summed E-state index contributed by atoms with van der Waals surface area (Å²) in [6.45, 7) is 6.48. The van der Waals surface area contributed by atoms with E-state index in [1.165, 1.54) is 5.56 Å². The molecular formula is C15H20O2S. The summed E-state index contributed by atoms with van der Waals surface area (Å²) in [5.74, 6) is 0.250. The molecule has 98 valence electrons. The predicted octanol–water partition coefficient (Wildman–Crippen LogP) is 3.21. The van der Waals surface area contributed by atoms with Crippen LogP contribution >= 0.6 is 0 Å². The van der Waals surface area contributed by atoms with Crippen molar-refractivity contribution in [3.05, 3.63) is 29.8 Å². The highest BCUT2D eigenvalue weighted by molar-refractivity contribution is 7.85. The summed E-state index contributed by atoms with van der Waals surface area (Å²) in [6, 6.07) is 7.98. The Morgan fingerprint density at radius 2 is 1.78 bits per heavy atom. The number of rotatable bonds is 2. The first-order valence-electron chi connectivity index (χ1n) is 6.41. The fourth-order valence-electron chi connectivity index (χ4n) is 2.24. The van der Waals surface area contributed by atoms with Crippen LogP contribution in [0.1, 0.15) is 45.6 Å². The molecule has 1 saturated carbocycles. The van der Waals surface area contributed by atoms with Crippen molar-refractivity contribution in [1.82, 2.24) is 0 Å². The van der Waals surface area contributed by atoms with Gasteiger partial charge in [0.25, 0.3) is 0 Å². The third kappa shape index (κ3) is 2.89. The molecule has 0 aromatic heterocycles. The molecule has 2 unspecified atom stereocenters. The van der Waals surface area contributed by atoms with E-state index in [2.05, 4.69) is 20.8 Å². The zero-order chi connectivity index (χ0) is 13.3. The molecule has 3 heteroatoms. The normalized spacial score (nSPS) is 22.2. The molecular weight excluding hydrogens is 244 g/mol. The van der Waals surface area contributed by atoms with Crippen molar-refractivity contribution < 1.29 is 9.00 Å². The van der Waals surface area contributed by atoms with E-state index in [4.69, 9.17) is 0 Å². The first kappa shape index (κ1) is 13.5. The molecule has 0 N–H and O–H groups in total. The van der Waals surface area contributed by atoms with Crippen molar-refractivity contribution in [3.63, 3.8) is 0 Å².